The smallest absolute Gasteiger partial charge is 0.123 e. The number of rotatable bonds is 5. The first kappa shape index (κ1) is 12.4. The third kappa shape index (κ3) is 3.01. The normalized spacial score (nSPS) is 20.7. The first-order valence-corrected chi connectivity index (χ1v) is 6.80. The van der Waals surface area contributed by atoms with Gasteiger partial charge in [-0.1, -0.05) is 25.1 Å². The summed E-state index contributed by atoms with van der Waals surface area (Å²) in [6.07, 6.45) is 3.96. The average Bonchev–Trinajstić information content (AvgIpc) is 2.79. The molecule has 0 bridgehead atoms. The standard InChI is InChI=1S/C15H23NO/c1-3-14-9-7-11-16(14)12-13-8-5-6-10-15(13)17-4-2/h5-6,8,10,14H,3-4,7,9,11-12H2,1-2H3. The van der Waals surface area contributed by atoms with Crippen LogP contribution in [0.5, 0.6) is 5.75 Å². The molecule has 0 radical (unpaired) electrons. The minimum absolute atomic E-state index is 0.744. The molecule has 1 unspecified atom stereocenters. The van der Waals surface area contributed by atoms with Crippen LogP contribution in [0.1, 0.15) is 38.7 Å². The summed E-state index contributed by atoms with van der Waals surface area (Å²) in [5.41, 5.74) is 1.33. The Morgan fingerprint density at radius 1 is 1.29 bits per heavy atom. The second-order valence-electron chi connectivity index (χ2n) is 4.72. The second kappa shape index (κ2) is 6.06. The van der Waals surface area contributed by atoms with Crippen molar-refractivity contribution in [1.82, 2.24) is 4.90 Å². The second-order valence-corrected chi connectivity index (χ2v) is 4.72. The highest BCUT2D eigenvalue weighted by atomic mass is 16.5. The Morgan fingerprint density at radius 3 is 2.88 bits per heavy atom. The first-order valence-electron chi connectivity index (χ1n) is 6.80. The average molecular weight is 233 g/mol. The fourth-order valence-electron chi connectivity index (χ4n) is 2.72. The zero-order valence-electron chi connectivity index (χ0n) is 11.0. The Morgan fingerprint density at radius 2 is 2.12 bits per heavy atom. The predicted molar refractivity (Wildman–Crippen MR) is 71.3 cm³/mol. The van der Waals surface area contributed by atoms with Crippen LogP contribution < -0.4 is 4.74 Å². The van der Waals surface area contributed by atoms with Gasteiger partial charge >= 0.3 is 0 Å². The fraction of sp³-hybridized carbons (Fsp3) is 0.600. The molecule has 2 rings (SSSR count). The molecule has 0 amide bonds. The largest absolute Gasteiger partial charge is 0.494 e. The van der Waals surface area contributed by atoms with E-state index < -0.39 is 0 Å². The Bertz CT molecular complexity index is 351. The molecule has 17 heavy (non-hydrogen) atoms. The summed E-state index contributed by atoms with van der Waals surface area (Å²) < 4.78 is 5.69. The van der Waals surface area contributed by atoms with Crippen LogP contribution in [0.15, 0.2) is 24.3 Å². The summed E-state index contributed by atoms with van der Waals surface area (Å²) in [5, 5.41) is 0. The Balaban J connectivity index is 2.07. The van der Waals surface area contributed by atoms with Gasteiger partial charge in [0.2, 0.25) is 0 Å². The molecule has 1 heterocycles. The van der Waals surface area contributed by atoms with E-state index in [-0.39, 0.29) is 0 Å². The highest BCUT2D eigenvalue weighted by molar-refractivity contribution is 5.33. The van der Waals surface area contributed by atoms with Crippen molar-refractivity contribution in [2.24, 2.45) is 0 Å². The van der Waals surface area contributed by atoms with Gasteiger partial charge in [0.15, 0.2) is 0 Å². The van der Waals surface area contributed by atoms with E-state index in [1.54, 1.807) is 0 Å². The molecule has 0 N–H and O–H groups in total. The lowest BCUT2D eigenvalue weighted by Crippen LogP contribution is -2.28. The van der Waals surface area contributed by atoms with Crippen molar-refractivity contribution in [3.8, 4) is 5.75 Å². The lowest BCUT2D eigenvalue weighted by atomic mass is 10.1. The molecule has 1 aromatic carbocycles. The minimum Gasteiger partial charge on any atom is -0.494 e. The number of para-hydroxylation sites is 1. The van der Waals surface area contributed by atoms with Gasteiger partial charge in [-0.05, 0) is 38.8 Å². The molecule has 0 spiro atoms. The third-order valence-electron chi connectivity index (χ3n) is 3.62. The molecular weight excluding hydrogens is 210 g/mol. The van der Waals surface area contributed by atoms with Gasteiger partial charge in [0.25, 0.3) is 0 Å². The van der Waals surface area contributed by atoms with Gasteiger partial charge in [-0.25, -0.2) is 0 Å². The van der Waals surface area contributed by atoms with E-state index in [2.05, 4.69) is 36.1 Å². The molecule has 1 aliphatic rings. The predicted octanol–water partition coefficient (Wildman–Crippen LogP) is 3.46. The maximum absolute atomic E-state index is 5.69. The minimum atomic E-state index is 0.744. The molecule has 1 saturated heterocycles. The van der Waals surface area contributed by atoms with Gasteiger partial charge in [0.1, 0.15) is 5.75 Å². The third-order valence-corrected chi connectivity index (χ3v) is 3.62. The summed E-state index contributed by atoms with van der Waals surface area (Å²) in [7, 11) is 0. The van der Waals surface area contributed by atoms with Crippen molar-refractivity contribution in [2.45, 2.75) is 45.7 Å². The summed E-state index contributed by atoms with van der Waals surface area (Å²) in [4.78, 5) is 2.60. The molecule has 1 aliphatic heterocycles. The maximum Gasteiger partial charge on any atom is 0.123 e. The van der Waals surface area contributed by atoms with Crippen LogP contribution in [0, 0.1) is 0 Å². The molecule has 0 saturated carbocycles. The zero-order chi connectivity index (χ0) is 12.1. The van der Waals surface area contributed by atoms with Gasteiger partial charge in [-0.2, -0.15) is 0 Å². The SMILES string of the molecule is CCOc1ccccc1CN1CCCC1CC. The van der Waals surface area contributed by atoms with Crippen LogP contribution >= 0.6 is 0 Å². The van der Waals surface area contributed by atoms with Crippen LogP contribution in [-0.2, 0) is 6.54 Å². The number of ether oxygens (including phenoxy) is 1. The highest BCUT2D eigenvalue weighted by Gasteiger charge is 2.23. The molecular formula is C15H23NO. The van der Waals surface area contributed by atoms with E-state index in [4.69, 9.17) is 4.74 Å². The Kier molecular flexibility index (Phi) is 4.43. The van der Waals surface area contributed by atoms with Crippen LogP contribution in [0.4, 0.5) is 0 Å². The van der Waals surface area contributed by atoms with Gasteiger partial charge in [-0.3, -0.25) is 4.90 Å². The van der Waals surface area contributed by atoms with Crippen LogP contribution in [0.25, 0.3) is 0 Å². The van der Waals surface area contributed by atoms with Crippen molar-refractivity contribution in [2.75, 3.05) is 13.2 Å². The van der Waals surface area contributed by atoms with E-state index in [1.807, 2.05) is 6.92 Å². The van der Waals surface area contributed by atoms with Crippen molar-refractivity contribution >= 4 is 0 Å². The molecule has 0 aromatic heterocycles. The van der Waals surface area contributed by atoms with Crippen LogP contribution in [0.3, 0.4) is 0 Å². The van der Waals surface area contributed by atoms with Crippen molar-refractivity contribution in [3.05, 3.63) is 29.8 Å². The Labute approximate surface area is 105 Å². The first-order chi connectivity index (χ1) is 8.35. The fourth-order valence-corrected chi connectivity index (χ4v) is 2.72. The quantitative estimate of drug-likeness (QED) is 0.772. The molecule has 94 valence electrons. The topological polar surface area (TPSA) is 12.5 Å². The number of hydrogen-bond donors (Lipinski definition) is 0. The lowest BCUT2D eigenvalue weighted by Gasteiger charge is -2.24. The maximum atomic E-state index is 5.69. The van der Waals surface area contributed by atoms with Crippen molar-refractivity contribution < 1.29 is 4.74 Å². The van der Waals surface area contributed by atoms with Gasteiger partial charge in [0, 0.05) is 18.2 Å². The van der Waals surface area contributed by atoms with Gasteiger partial charge < -0.3 is 4.74 Å². The number of hydrogen-bond acceptors (Lipinski definition) is 2. The van der Waals surface area contributed by atoms with E-state index >= 15 is 0 Å². The molecule has 1 atom stereocenters. The van der Waals surface area contributed by atoms with Gasteiger partial charge in [-0.15, -0.1) is 0 Å². The van der Waals surface area contributed by atoms with Crippen LogP contribution in [0.2, 0.25) is 0 Å². The highest BCUT2D eigenvalue weighted by Crippen LogP contribution is 2.26. The van der Waals surface area contributed by atoms with E-state index in [1.165, 1.54) is 31.4 Å². The molecule has 2 nitrogen and oxygen atoms in total. The number of likely N-dealkylation sites (tertiary alicyclic amines) is 1. The van der Waals surface area contributed by atoms with E-state index in [0.717, 1.165) is 24.9 Å². The van der Waals surface area contributed by atoms with Gasteiger partial charge in [0.05, 0.1) is 6.61 Å². The van der Waals surface area contributed by atoms with Crippen LogP contribution in [-0.4, -0.2) is 24.1 Å². The number of benzene rings is 1. The molecule has 0 aliphatic carbocycles. The Hall–Kier alpha value is -1.02. The lowest BCUT2D eigenvalue weighted by molar-refractivity contribution is 0.234. The van der Waals surface area contributed by atoms with Crippen molar-refractivity contribution in [3.63, 3.8) is 0 Å². The molecule has 2 heteroatoms. The van der Waals surface area contributed by atoms with E-state index in [9.17, 15) is 0 Å². The summed E-state index contributed by atoms with van der Waals surface area (Å²) >= 11 is 0. The van der Waals surface area contributed by atoms with E-state index in [0.29, 0.717) is 0 Å². The van der Waals surface area contributed by atoms with Crippen molar-refractivity contribution in [1.29, 1.82) is 0 Å². The summed E-state index contributed by atoms with van der Waals surface area (Å²) in [6.45, 7) is 7.35. The summed E-state index contributed by atoms with van der Waals surface area (Å²) in [6, 6.07) is 9.20. The molecule has 1 aromatic rings. The zero-order valence-corrected chi connectivity index (χ0v) is 11.0. The number of nitrogens with zero attached hydrogens (tertiary/aromatic N) is 1. The summed E-state index contributed by atoms with van der Waals surface area (Å²) in [5.74, 6) is 1.05. The monoisotopic (exact) mass is 233 g/mol. The molecule has 1 fully saturated rings.